The van der Waals surface area contributed by atoms with E-state index < -0.39 is 28.5 Å². The first kappa shape index (κ1) is 33.7. The first-order valence-corrected chi connectivity index (χ1v) is 17.5. The van der Waals surface area contributed by atoms with Crippen molar-refractivity contribution in [3.63, 3.8) is 0 Å². The van der Waals surface area contributed by atoms with Crippen LogP contribution in [-0.2, 0) is 32.6 Å². The molecule has 1 fully saturated rings. The van der Waals surface area contributed by atoms with Crippen LogP contribution in [0, 0.1) is 13.8 Å². The zero-order chi connectivity index (χ0) is 33.4. The molecule has 246 valence electrons. The minimum Gasteiger partial charge on any atom is -0.495 e. The minimum absolute atomic E-state index is 0.0432. The van der Waals surface area contributed by atoms with Crippen molar-refractivity contribution in [1.29, 1.82) is 0 Å². The number of methoxy groups -OCH3 is 1. The van der Waals surface area contributed by atoms with Crippen LogP contribution in [0.15, 0.2) is 108 Å². The highest BCUT2D eigenvalue weighted by Crippen LogP contribution is 2.34. The molecule has 1 aliphatic carbocycles. The Morgan fingerprint density at radius 3 is 2.17 bits per heavy atom. The van der Waals surface area contributed by atoms with Gasteiger partial charge in [0.2, 0.25) is 11.8 Å². The van der Waals surface area contributed by atoms with Gasteiger partial charge in [0.25, 0.3) is 10.0 Å². The largest absolute Gasteiger partial charge is 0.495 e. The fourth-order valence-corrected chi connectivity index (χ4v) is 7.56. The maximum absolute atomic E-state index is 14.8. The molecule has 1 atom stereocenters. The van der Waals surface area contributed by atoms with Gasteiger partial charge in [0, 0.05) is 19.0 Å². The number of hydrogen-bond donors (Lipinski definition) is 1. The lowest BCUT2D eigenvalue weighted by molar-refractivity contribution is -0.140. The first-order chi connectivity index (χ1) is 22.7. The van der Waals surface area contributed by atoms with E-state index in [9.17, 15) is 18.0 Å². The molecule has 1 aliphatic rings. The van der Waals surface area contributed by atoms with Crippen molar-refractivity contribution in [2.24, 2.45) is 0 Å². The molecule has 5 rings (SSSR count). The van der Waals surface area contributed by atoms with Gasteiger partial charge in [-0.1, -0.05) is 91.7 Å². The van der Waals surface area contributed by atoms with Crippen molar-refractivity contribution in [3.8, 4) is 5.75 Å². The Labute approximate surface area is 278 Å². The van der Waals surface area contributed by atoms with Gasteiger partial charge in [-0.15, -0.1) is 0 Å². The molecule has 47 heavy (non-hydrogen) atoms. The summed E-state index contributed by atoms with van der Waals surface area (Å²) in [6, 6.07) is 29.8. The molecule has 2 amide bonds. The summed E-state index contributed by atoms with van der Waals surface area (Å²) in [6.45, 7) is 3.41. The SMILES string of the molecule is COc1ccc(C)cc1N(CC(=O)N(Cc1ccccc1C)[C@H](Cc1ccccc1)C(=O)NC1CCCC1)S(=O)(=O)c1ccccc1. The zero-order valence-corrected chi connectivity index (χ0v) is 28.1. The first-order valence-electron chi connectivity index (χ1n) is 16.1. The van der Waals surface area contributed by atoms with Crippen LogP contribution in [0.4, 0.5) is 5.69 Å². The second-order valence-corrected chi connectivity index (χ2v) is 14.0. The summed E-state index contributed by atoms with van der Waals surface area (Å²) in [5.74, 6) is -0.430. The highest BCUT2D eigenvalue weighted by atomic mass is 32.2. The summed E-state index contributed by atoms with van der Waals surface area (Å²) in [4.78, 5) is 30.6. The Hall–Kier alpha value is -4.63. The van der Waals surface area contributed by atoms with Crippen molar-refractivity contribution in [2.75, 3.05) is 18.0 Å². The second kappa shape index (κ2) is 15.3. The van der Waals surface area contributed by atoms with Crippen LogP contribution in [0.3, 0.4) is 0 Å². The van der Waals surface area contributed by atoms with E-state index in [-0.39, 0.29) is 35.5 Å². The zero-order valence-electron chi connectivity index (χ0n) is 27.3. The van der Waals surface area contributed by atoms with Gasteiger partial charge >= 0.3 is 0 Å². The molecular formula is C38H43N3O5S. The number of nitrogens with one attached hydrogen (secondary N) is 1. The lowest BCUT2D eigenvalue weighted by atomic mass is 10.0. The van der Waals surface area contributed by atoms with E-state index in [4.69, 9.17) is 4.74 Å². The third-order valence-electron chi connectivity index (χ3n) is 8.79. The van der Waals surface area contributed by atoms with Gasteiger partial charge in [0.05, 0.1) is 17.7 Å². The number of hydrogen-bond acceptors (Lipinski definition) is 5. The highest BCUT2D eigenvalue weighted by molar-refractivity contribution is 7.92. The van der Waals surface area contributed by atoms with E-state index in [2.05, 4.69) is 5.32 Å². The lowest BCUT2D eigenvalue weighted by Crippen LogP contribution is -2.54. The van der Waals surface area contributed by atoms with Crippen LogP contribution in [0.2, 0.25) is 0 Å². The summed E-state index contributed by atoms with van der Waals surface area (Å²) in [7, 11) is -2.76. The molecule has 8 nitrogen and oxygen atoms in total. The third-order valence-corrected chi connectivity index (χ3v) is 10.6. The summed E-state index contributed by atoms with van der Waals surface area (Å²) in [5, 5.41) is 3.22. The van der Waals surface area contributed by atoms with Crippen molar-refractivity contribution in [3.05, 3.63) is 125 Å². The van der Waals surface area contributed by atoms with Gasteiger partial charge in [-0.25, -0.2) is 8.42 Å². The van der Waals surface area contributed by atoms with Crippen molar-refractivity contribution >= 4 is 27.5 Å². The topological polar surface area (TPSA) is 96.0 Å². The molecule has 0 aromatic heterocycles. The molecule has 0 unspecified atom stereocenters. The van der Waals surface area contributed by atoms with Crippen LogP contribution in [0.1, 0.15) is 47.9 Å². The number of anilines is 1. The van der Waals surface area contributed by atoms with E-state index in [0.717, 1.165) is 52.2 Å². The van der Waals surface area contributed by atoms with Crippen LogP contribution >= 0.6 is 0 Å². The summed E-state index contributed by atoms with van der Waals surface area (Å²) in [5.41, 5.74) is 3.79. The average Bonchev–Trinajstić information content (AvgIpc) is 3.59. The van der Waals surface area contributed by atoms with Crippen LogP contribution in [0.25, 0.3) is 0 Å². The Balaban J connectivity index is 1.61. The number of ether oxygens (including phenoxy) is 1. The average molecular weight is 654 g/mol. The number of aryl methyl sites for hydroxylation is 2. The number of benzene rings is 4. The van der Waals surface area contributed by atoms with E-state index in [1.807, 2.05) is 74.5 Å². The number of nitrogens with zero attached hydrogens (tertiary/aromatic N) is 2. The molecule has 1 saturated carbocycles. The standard InChI is InChI=1S/C38H43N3O5S/c1-28-22-23-36(46-3)34(24-28)41(47(44,45)33-20-8-5-9-21-33)27-37(42)40(26-31-17-11-10-14-29(31)2)35(25-30-15-6-4-7-16-30)38(43)39-32-18-12-13-19-32/h4-11,14-17,20-24,32,35H,12-13,18-19,25-27H2,1-3H3,(H,39,43)/t35-/m1/s1. The Bertz CT molecular complexity index is 1770. The van der Waals surface area contributed by atoms with Gasteiger partial charge in [-0.2, -0.15) is 0 Å². The van der Waals surface area contributed by atoms with Gasteiger partial charge in [-0.3, -0.25) is 13.9 Å². The summed E-state index contributed by atoms with van der Waals surface area (Å²) >= 11 is 0. The van der Waals surface area contributed by atoms with Gasteiger partial charge < -0.3 is 15.0 Å². The molecule has 0 bridgehead atoms. The fourth-order valence-electron chi connectivity index (χ4n) is 6.12. The predicted octanol–water partition coefficient (Wildman–Crippen LogP) is 6.21. The van der Waals surface area contributed by atoms with Crippen molar-refractivity contribution in [2.45, 2.75) is 69.5 Å². The van der Waals surface area contributed by atoms with E-state index in [0.29, 0.717) is 5.75 Å². The van der Waals surface area contributed by atoms with Crippen LogP contribution in [0.5, 0.6) is 5.75 Å². The van der Waals surface area contributed by atoms with Crippen LogP contribution < -0.4 is 14.4 Å². The van der Waals surface area contributed by atoms with Crippen molar-refractivity contribution in [1.82, 2.24) is 10.2 Å². The van der Waals surface area contributed by atoms with Crippen molar-refractivity contribution < 1.29 is 22.7 Å². The Kier molecular flexibility index (Phi) is 11.0. The number of carbonyl (C=O) groups is 2. The Morgan fingerprint density at radius 1 is 0.872 bits per heavy atom. The molecule has 0 heterocycles. The lowest BCUT2D eigenvalue weighted by Gasteiger charge is -2.35. The third kappa shape index (κ3) is 8.21. The second-order valence-electron chi connectivity index (χ2n) is 12.1. The maximum atomic E-state index is 14.8. The number of amides is 2. The molecule has 0 aliphatic heterocycles. The van der Waals surface area contributed by atoms with Gasteiger partial charge in [0.1, 0.15) is 18.3 Å². The molecule has 0 saturated heterocycles. The monoisotopic (exact) mass is 653 g/mol. The molecule has 4 aromatic carbocycles. The van der Waals surface area contributed by atoms with Crippen LogP contribution in [-0.4, -0.2) is 50.9 Å². The molecule has 1 N–H and O–H groups in total. The predicted molar refractivity (Wildman–Crippen MR) is 185 cm³/mol. The quantitative estimate of drug-likeness (QED) is 0.185. The summed E-state index contributed by atoms with van der Waals surface area (Å²) < 4.78 is 35.4. The van der Waals surface area contributed by atoms with E-state index in [1.165, 1.54) is 19.2 Å². The minimum atomic E-state index is -4.23. The smallest absolute Gasteiger partial charge is 0.264 e. The summed E-state index contributed by atoms with van der Waals surface area (Å²) in [6.07, 6.45) is 4.16. The molecule has 0 radical (unpaired) electrons. The normalized spacial score (nSPS) is 13.9. The van der Waals surface area contributed by atoms with E-state index >= 15 is 0 Å². The number of rotatable bonds is 13. The van der Waals surface area contributed by atoms with Gasteiger partial charge in [-0.05, 0) is 73.2 Å². The van der Waals surface area contributed by atoms with Gasteiger partial charge in [0.15, 0.2) is 0 Å². The van der Waals surface area contributed by atoms with E-state index in [1.54, 1.807) is 35.2 Å². The Morgan fingerprint density at radius 2 is 1.51 bits per heavy atom. The number of carbonyl (C=O) groups excluding carboxylic acids is 2. The maximum Gasteiger partial charge on any atom is 0.264 e. The molecule has 4 aromatic rings. The molecule has 0 spiro atoms. The highest BCUT2D eigenvalue weighted by Gasteiger charge is 2.36. The molecular weight excluding hydrogens is 611 g/mol. The molecule has 9 heteroatoms. The number of sulfonamides is 1. The fraction of sp³-hybridized carbons (Fsp3) is 0.316.